The standard InChI is InChI=1S/C23H27N3O3S/c1-23(2,3)17-10-8-16(9-11-17)20(27)25-22(30)24-19-7-5-4-6-18(19)21(28)26-12-14-29-15-13-26/h4-11H,12-15H2,1-3H3,(H2,24,25,27,30). The molecule has 2 aromatic rings. The molecule has 1 heterocycles. The minimum atomic E-state index is -0.301. The van der Waals surface area contributed by atoms with Crippen molar-refractivity contribution in [3.63, 3.8) is 0 Å². The maximum absolute atomic E-state index is 12.9. The third-order valence-electron chi connectivity index (χ3n) is 4.94. The molecule has 1 aliphatic heterocycles. The second kappa shape index (κ2) is 9.36. The summed E-state index contributed by atoms with van der Waals surface area (Å²) in [5.41, 5.74) is 2.75. The van der Waals surface area contributed by atoms with E-state index in [0.717, 1.165) is 5.56 Å². The van der Waals surface area contributed by atoms with Crippen molar-refractivity contribution in [1.29, 1.82) is 0 Å². The number of hydrogen-bond donors (Lipinski definition) is 2. The van der Waals surface area contributed by atoms with Gasteiger partial charge in [-0.15, -0.1) is 0 Å². The van der Waals surface area contributed by atoms with Crippen LogP contribution in [0.1, 0.15) is 47.1 Å². The maximum Gasteiger partial charge on any atom is 0.257 e. The number of hydrogen-bond acceptors (Lipinski definition) is 4. The van der Waals surface area contributed by atoms with Crippen LogP contribution in [0.4, 0.5) is 5.69 Å². The Morgan fingerprint density at radius 2 is 1.63 bits per heavy atom. The van der Waals surface area contributed by atoms with E-state index >= 15 is 0 Å². The highest BCUT2D eigenvalue weighted by Crippen LogP contribution is 2.22. The summed E-state index contributed by atoms with van der Waals surface area (Å²) < 4.78 is 5.31. The average Bonchev–Trinajstić information content (AvgIpc) is 2.73. The highest BCUT2D eigenvalue weighted by Gasteiger charge is 2.21. The lowest BCUT2D eigenvalue weighted by Gasteiger charge is -2.27. The van der Waals surface area contributed by atoms with Crippen LogP contribution in [0.2, 0.25) is 0 Å². The molecular weight excluding hydrogens is 398 g/mol. The molecule has 0 aliphatic carbocycles. The Morgan fingerprint density at radius 3 is 2.27 bits per heavy atom. The lowest BCUT2D eigenvalue weighted by atomic mass is 9.87. The molecule has 0 spiro atoms. The first-order valence-corrected chi connectivity index (χ1v) is 10.4. The Morgan fingerprint density at radius 1 is 1.00 bits per heavy atom. The molecule has 0 radical (unpaired) electrons. The molecule has 0 bridgehead atoms. The second-order valence-corrected chi connectivity index (χ2v) is 8.59. The number of morpholine rings is 1. The van der Waals surface area contributed by atoms with E-state index in [0.29, 0.717) is 43.1 Å². The van der Waals surface area contributed by atoms with Crippen LogP contribution in [0.15, 0.2) is 48.5 Å². The molecule has 3 rings (SSSR count). The summed E-state index contributed by atoms with van der Waals surface area (Å²) in [5, 5.41) is 5.81. The number of rotatable bonds is 3. The number of amides is 2. The van der Waals surface area contributed by atoms with Crippen molar-refractivity contribution >= 4 is 34.8 Å². The highest BCUT2D eigenvalue weighted by molar-refractivity contribution is 7.80. The van der Waals surface area contributed by atoms with Gasteiger partial charge in [0.05, 0.1) is 24.5 Å². The molecule has 1 fully saturated rings. The molecule has 7 heteroatoms. The lowest BCUT2D eigenvalue weighted by Crippen LogP contribution is -2.41. The van der Waals surface area contributed by atoms with Crippen LogP contribution < -0.4 is 10.6 Å². The zero-order valence-electron chi connectivity index (χ0n) is 17.5. The van der Waals surface area contributed by atoms with Gasteiger partial charge in [0.2, 0.25) is 0 Å². The fourth-order valence-corrected chi connectivity index (χ4v) is 3.37. The molecule has 2 aromatic carbocycles. The molecule has 6 nitrogen and oxygen atoms in total. The zero-order valence-corrected chi connectivity index (χ0v) is 18.3. The minimum Gasteiger partial charge on any atom is -0.378 e. The molecule has 158 valence electrons. The first kappa shape index (κ1) is 21.9. The lowest BCUT2D eigenvalue weighted by molar-refractivity contribution is 0.0303. The Kier molecular flexibility index (Phi) is 6.84. The predicted molar refractivity (Wildman–Crippen MR) is 122 cm³/mol. The summed E-state index contributed by atoms with van der Waals surface area (Å²) >= 11 is 5.31. The van der Waals surface area contributed by atoms with Gasteiger partial charge in [0.1, 0.15) is 0 Å². The van der Waals surface area contributed by atoms with Gasteiger partial charge in [-0.1, -0.05) is 45.0 Å². The van der Waals surface area contributed by atoms with Gasteiger partial charge in [-0.25, -0.2) is 0 Å². The van der Waals surface area contributed by atoms with Gasteiger partial charge in [0, 0.05) is 18.7 Å². The third kappa shape index (κ3) is 5.43. The quantitative estimate of drug-likeness (QED) is 0.736. The van der Waals surface area contributed by atoms with Gasteiger partial charge in [-0.2, -0.15) is 0 Å². The molecule has 2 amide bonds. The first-order chi connectivity index (χ1) is 14.3. The Labute approximate surface area is 182 Å². The van der Waals surface area contributed by atoms with E-state index in [9.17, 15) is 9.59 Å². The number of ether oxygens (including phenoxy) is 1. The molecule has 30 heavy (non-hydrogen) atoms. The number of carbonyl (C=O) groups excluding carboxylic acids is 2. The number of para-hydroxylation sites is 1. The van der Waals surface area contributed by atoms with E-state index in [4.69, 9.17) is 17.0 Å². The second-order valence-electron chi connectivity index (χ2n) is 8.19. The summed E-state index contributed by atoms with van der Waals surface area (Å²) in [6.45, 7) is 8.54. The largest absolute Gasteiger partial charge is 0.378 e. The van der Waals surface area contributed by atoms with Crippen LogP contribution in [-0.2, 0) is 10.2 Å². The van der Waals surface area contributed by atoms with Gasteiger partial charge in [0.25, 0.3) is 11.8 Å². The predicted octanol–water partition coefficient (Wildman–Crippen LogP) is 3.58. The summed E-state index contributed by atoms with van der Waals surface area (Å²) in [4.78, 5) is 27.2. The van der Waals surface area contributed by atoms with Crippen LogP contribution in [0.5, 0.6) is 0 Å². The number of thiocarbonyl (C=S) groups is 1. The van der Waals surface area contributed by atoms with Crippen molar-refractivity contribution in [2.75, 3.05) is 31.6 Å². The molecular formula is C23H27N3O3S. The van der Waals surface area contributed by atoms with Crippen molar-refractivity contribution in [3.05, 3.63) is 65.2 Å². The number of benzene rings is 2. The average molecular weight is 426 g/mol. The fourth-order valence-electron chi connectivity index (χ4n) is 3.17. The van der Waals surface area contributed by atoms with Crippen LogP contribution in [0, 0.1) is 0 Å². The van der Waals surface area contributed by atoms with Crippen molar-refractivity contribution in [3.8, 4) is 0 Å². The SMILES string of the molecule is CC(C)(C)c1ccc(C(=O)NC(=S)Nc2ccccc2C(=O)N2CCOCC2)cc1. The van der Waals surface area contributed by atoms with Crippen LogP contribution in [0.25, 0.3) is 0 Å². The molecule has 0 unspecified atom stereocenters. The number of anilines is 1. The topological polar surface area (TPSA) is 70.7 Å². The van der Waals surface area contributed by atoms with E-state index in [-0.39, 0.29) is 22.3 Å². The molecule has 0 saturated carbocycles. The Bertz CT molecular complexity index is 929. The minimum absolute atomic E-state index is 0.0165. The smallest absolute Gasteiger partial charge is 0.257 e. The van der Waals surface area contributed by atoms with E-state index < -0.39 is 0 Å². The first-order valence-electron chi connectivity index (χ1n) is 9.94. The monoisotopic (exact) mass is 425 g/mol. The number of carbonyl (C=O) groups is 2. The van der Waals surface area contributed by atoms with Crippen LogP contribution >= 0.6 is 12.2 Å². The van der Waals surface area contributed by atoms with Gasteiger partial charge in [-0.3, -0.25) is 14.9 Å². The molecule has 0 aromatic heterocycles. The van der Waals surface area contributed by atoms with E-state index in [1.165, 1.54) is 0 Å². The van der Waals surface area contributed by atoms with Gasteiger partial charge >= 0.3 is 0 Å². The maximum atomic E-state index is 12.9. The van der Waals surface area contributed by atoms with Crippen LogP contribution in [0.3, 0.4) is 0 Å². The van der Waals surface area contributed by atoms with Gasteiger partial charge in [-0.05, 0) is 47.5 Å². The van der Waals surface area contributed by atoms with E-state index in [1.54, 1.807) is 35.2 Å². The fraction of sp³-hybridized carbons (Fsp3) is 0.348. The summed E-state index contributed by atoms with van der Waals surface area (Å²) in [6, 6.07) is 14.6. The molecule has 1 saturated heterocycles. The molecule has 2 N–H and O–H groups in total. The summed E-state index contributed by atoms with van der Waals surface area (Å²) in [7, 11) is 0. The molecule has 1 aliphatic rings. The number of nitrogens with one attached hydrogen (secondary N) is 2. The van der Waals surface area contributed by atoms with E-state index in [1.807, 2.05) is 18.2 Å². The van der Waals surface area contributed by atoms with Crippen LogP contribution in [-0.4, -0.2) is 48.1 Å². The normalized spacial score (nSPS) is 14.2. The Balaban J connectivity index is 1.66. The zero-order chi connectivity index (χ0) is 21.7. The third-order valence-corrected chi connectivity index (χ3v) is 5.15. The van der Waals surface area contributed by atoms with E-state index in [2.05, 4.69) is 31.4 Å². The molecule has 0 atom stereocenters. The summed E-state index contributed by atoms with van der Waals surface area (Å²) in [5.74, 6) is -0.391. The van der Waals surface area contributed by atoms with Crippen molar-refractivity contribution in [2.24, 2.45) is 0 Å². The van der Waals surface area contributed by atoms with Crippen molar-refractivity contribution in [2.45, 2.75) is 26.2 Å². The Hall–Kier alpha value is -2.77. The van der Waals surface area contributed by atoms with Crippen molar-refractivity contribution < 1.29 is 14.3 Å². The number of nitrogens with zero attached hydrogens (tertiary/aromatic N) is 1. The van der Waals surface area contributed by atoms with Gasteiger partial charge < -0.3 is 15.0 Å². The summed E-state index contributed by atoms with van der Waals surface area (Å²) in [6.07, 6.45) is 0. The highest BCUT2D eigenvalue weighted by atomic mass is 32.1. The van der Waals surface area contributed by atoms with Crippen molar-refractivity contribution in [1.82, 2.24) is 10.2 Å². The van der Waals surface area contributed by atoms with Gasteiger partial charge in [0.15, 0.2) is 5.11 Å².